The second kappa shape index (κ2) is 6.76. The summed E-state index contributed by atoms with van der Waals surface area (Å²) in [6.07, 6.45) is 1.91. The summed E-state index contributed by atoms with van der Waals surface area (Å²) in [6, 6.07) is 3.57. The minimum absolute atomic E-state index is 0.0459. The molecule has 1 aromatic carbocycles. The fourth-order valence-corrected chi connectivity index (χ4v) is 2.66. The molecule has 3 N–H and O–H groups in total. The normalized spacial score (nSPS) is 18.4. The number of hydrogen-bond donors (Lipinski definition) is 2. The zero-order valence-corrected chi connectivity index (χ0v) is 12.2. The zero-order valence-electron chi connectivity index (χ0n) is 11.4. The van der Waals surface area contributed by atoms with Gasteiger partial charge in [0.25, 0.3) is 0 Å². The van der Waals surface area contributed by atoms with Crippen LogP contribution in [0.1, 0.15) is 19.3 Å². The van der Waals surface area contributed by atoms with Crippen molar-refractivity contribution in [3.05, 3.63) is 29.0 Å². The number of urea groups is 1. The number of likely N-dealkylation sites (tertiary alicyclic amines) is 1. The van der Waals surface area contributed by atoms with Gasteiger partial charge < -0.3 is 16.0 Å². The van der Waals surface area contributed by atoms with Crippen LogP contribution in [0.3, 0.4) is 0 Å². The molecule has 0 bridgehead atoms. The van der Waals surface area contributed by atoms with Crippen LogP contribution in [0.4, 0.5) is 14.9 Å². The van der Waals surface area contributed by atoms with Gasteiger partial charge in [-0.05, 0) is 37.0 Å². The van der Waals surface area contributed by atoms with Crippen molar-refractivity contribution >= 4 is 29.2 Å². The molecular weight excluding hydrogens is 297 g/mol. The van der Waals surface area contributed by atoms with Gasteiger partial charge in [-0.15, -0.1) is 0 Å². The van der Waals surface area contributed by atoms with Crippen molar-refractivity contribution in [3.8, 4) is 0 Å². The maximum absolute atomic E-state index is 13.6. The molecule has 2 rings (SSSR count). The summed E-state index contributed by atoms with van der Waals surface area (Å²) < 4.78 is 13.6. The van der Waals surface area contributed by atoms with Gasteiger partial charge in [0.2, 0.25) is 5.91 Å². The molecule has 114 valence electrons. The first-order valence-electron chi connectivity index (χ1n) is 6.75. The van der Waals surface area contributed by atoms with E-state index in [1.54, 1.807) is 4.90 Å². The zero-order chi connectivity index (χ0) is 15.4. The highest BCUT2D eigenvalue weighted by Gasteiger charge is 2.25. The Kier molecular flexibility index (Phi) is 5.01. The van der Waals surface area contributed by atoms with Gasteiger partial charge in [-0.2, -0.15) is 0 Å². The third-order valence-corrected chi connectivity index (χ3v) is 3.70. The highest BCUT2D eigenvalue weighted by molar-refractivity contribution is 6.30. The van der Waals surface area contributed by atoms with E-state index in [-0.39, 0.29) is 23.9 Å². The van der Waals surface area contributed by atoms with E-state index in [0.29, 0.717) is 18.1 Å². The van der Waals surface area contributed by atoms with Gasteiger partial charge in [0.05, 0.1) is 5.69 Å². The van der Waals surface area contributed by atoms with Crippen molar-refractivity contribution in [2.24, 2.45) is 11.7 Å². The van der Waals surface area contributed by atoms with Crippen LogP contribution >= 0.6 is 11.6 Å². The lowest BCUT2D eigenvalue weighted by molar-refractivity contribution is -0.119. The van der Waals surface area contributed by atoms with E-state index in [9.17, 15) is 14.0 Å². The van der Waals surface area contributed by atoms with Crippen LogP contribution in [-0.4, -0.2) is 29.9 Å². The highest BCUT2D eigenvalue weighted by atomic mass is 35.5. The fraction of sp³-hybridized carbons (Fsp3) is 0.429. The number of anilines is 1. The van der Waals surface area contributed by atoms with E-state index in [1.807, 2.05) is 0 Å². The largest absolute Gasteiger partial charge is 0.370 e. The van der Waals surface area contributed by atoms with Crippen LogP contribution in [0.5, 0.6) is 0 Å². The average molecular weight is 314 g/mol. The standard InChI is InChI=1S/C14H17ClFN3O2/c15-10-3-4-11(16)12(7-10)18-14(21)19-5-1-2-9(8-19)6-13(17)20/h3-4,7,9H,1-2,5-6,8H2,(H2,17,20)(H,18,21)/t9-/m0/s1. The maximum Gasteiger partial charge on any atom is 0.321 e. The monoisotopic (exact) mass is 313 g/mol. The average Bonchev–Trinajstić information content (AvgIpc) is 2.42. The molecule has 1 atom stereocenters. The molecule has 21 heavy (non-hydrogen) atoms. The molecule has 1 fully saturated rings. The number of primary amides is 1. The number of nitrogens with zero attached hydrogens (tertiary/aromatic N) is 1. The number of benzene rings is 1. The number of carbonyl (C=O) groups is 2. The van der Waals surface area contributed by atoms with E-state index < -0.39 is 11.8 Å². The Balaban J connectivity index is 1.99. The van der Waals surface area contributed by atoms with Crippen molar-refractivity contribution in [1.29, 1.82) is 0 Å². The van der Waals surface area contributed by atoms with Gasteiger partial charge >= 0.3 is 6.03 Å². The number of halogens is 2. The SMILES string of the molecule is NC(=O)C[C@@H]1CCCN(C(=O)Nc2cc(Cl)ccc2F)C1. The molecule has 3 amide bonds. The van der Waals surface area contributed by atoms with E-state index in [1.165, 1.54) is 18.2 Å². The van der Waals surface area contributed by atoms with E-state index >= 15 is 0 Å². The first-order valence-corrected chi connectivity index (χ1v) is 7.13. The van der Waals surface area contributed by atoms with E-state index in [2.05, 4.69) is 5.32 Å². The molecule has 0 spiro atoms. The smallest absolute Gasteiger partial charge is 0.321 e. The minimum Gasteiger partial charge on any atom is -0.370 e. The minimum atomic E-state index is -0.543. The lowest BCUT2D eigenvalue weighted by atomic mass is 9.95. The molecule has 0 unspecified atom stereocenters. The predicted molar refractivity (Wildman–Crippen MR) is 78.5 cm³/mol. The molecule has 7 heteroatoms. The first kappa shape index (κ1) is 15.6. The summed E-state index contributed by atoms with van der Waals surface area (Å²) in [5, 5.41) is 2.85. The quantitative estimate of drug-likeness (QED) is 0.900. The molecule has 1 aromatic rings. The number of nitrogens with one attached hydrogen (secondary N) is 1. The lowest BCUT2D eigenvalue weighted by Crippen LogP contribution is -2.43. The Bertz CT molecular complexity index is 553. The number of hydrogen-bond acceptors (Lipinski definition) is 2. The molecule has 1 heterocycles. The van der Waals surface area contributed by atoms with Gasteiger partial charge in [-0.3, -0.25) is 4.79 Å². The topological polar surface area (TPSA) is 75.4 Å². The molecular formula is C14H17ClFN3O2. The fourth-order valence-electron chi connectivity index (χ4n) is 2.49. The van der Waals surface area contributed by atoms with Crippen LogP contribution in [0, 0.1) is 11.7 Å². The highest BCUT2D eigenvalue weighted by Crippen LogP contribution is 2.22. The molecule has 1 aliphatic rings. The van der Waals surface area contributed by atoms with Crippen LogP contribution in [0.25, 0.3) is 0 Å². The summed E-state index contributed by atoms with van der Waals surface area (Å²) in [6.45, 7) is 1.01. The Morgan fingerprint density at radius 2 is 2.24 bits per heavy atom. The van der Waals surface area contributed by atoms with Crippen LogP contribution in [0.2, 0.25) is 5.02 Å². The number of rotatable bonds is 3. The molecule has 0 aliphatic carbocycles. The third-order valence-electron chi connectivity index (χ3n) is 3.47. The molecule has 0 radical (unpaired) electrons. The van der Waals surface area contributed by atoms with Gasteiger partial charge in [-0.1, -0.05) is 11.6 Å². The Labute approximate surface area is 127 Å². The van der Waals surface area contributed by atoms with Gasteiger partial charge in [-0.25, -0.2) is 9.18 Å². The van der Waals surface area contributed by atoms with Crippen molar-refractivity contribution in [2.75, 3.05) is 18.4 Å². The van der Waals surface area contributed by atoms with Crippen LogP contribution < -0.4 is 11.1 Å². The van der Waals surface area contributed by atoms with Gasteiger partial charge in [0.1, 0.15) is 5.82 Å². The Morgan fingerprint density at radius 3 is 2.95 bits per heavy atom. The predicted octanol–water partition coefficient (Wildman–Crippen LogP) is 2.60. The Morgan fingerprint density at radius 1 is 1.48 bits per heavy atom. The van der Waals surface area contributed by atoms with Crippen LogP contribution in [0.15, 0.2) is 18.2 Å². The van der Waals surface area contributed by atoms with E-state index in [0.717, 1.165) is 12.8 Å². The molecule has 1 aliphatic heterocycles. The Hall–Kier alpha value is -1.82. The summed E-state index contributed by atoms with van der Waals surface area (Å²) in [5.74, 6) is -0.854. The van der Waals surface area contributed by atoms with Crippen molar-refractivity contribution < 1.29 is 14.0 Å². The summed E-state index contributed by atoms with van der Waals surface area (Å²) in [7, 11) is 0. The van der Waals surface area contributed by atoms with Crippen molar-refractivity contribution in [2.45, 2.75) is 19.3 Å². The summed E-state index contributed by atoms with van der Waals surface area (Å²) in [5.41, 5.74) is 5.23. The number of carbonyl (C=O) groups excluding carboxylic acids is 2. The second-order valence-electron chi connectivity index (χ2n) is 5.18. The molecule has 1 saturated heterocycles. The summed E-state index contributed by atoms with van der Waals surface area (Å²) in [4.78, 5) is 24.7. The van der Waals surface area contributed by atoms with Crippen LogP contribution in [-0.2, 0) is 4.79 Å². The van der Waals surface area contributed by atoms with E-state index in [4.69, 9.17) is 17.3 Å². The summed E-state index contributed by atoms with van der Waals surface area (Å²) >= 11 is 5.78. The molecule has 0 aromatic heterocycles. The molecule has 0 saturated carbocycles. The number of amides is 3. The first-order chi connectivity index (χ1) is 9.95. The van der Waals surface area contributed by atoms with Gasteiger partial charge in [0, 0.05) is 24.5 Å². The number of nitrogens with two attached hydrogens (primary N) is 1. The molecule has 5 nitrogen and oxygen atoms in total. The number of piperidine rings is 1. The lowest BCUT2D eigenvalue weighted by Gasteiger charge is -2.32. The van der Waals surface area contributed by atoms with Crippen molar-refractivity contribution in [3.63, 3.8) is 0 Å². The second-order valence-corrected chi connectivity index (χ2v) is 5.62. The third kappa shape index (κ3) is 4.32. The van der Waals surface area contributed by atoms with Gasteiger partial charge in [0.15, 0.2) is 0 Å². The van der Waals surface area contributed by atoms with Crippen molar-refractivity contribution in [1.82, 2.24) is 4.90 Å². The maximum atomic E-state index is 13.6.